The molecule has 2 rings (SSSR count). The second-order valence-corrected chi connectivity index (χ2v) is 6.27. The zero-order valence-electron chi connectivity index (χ0n) is 13.1. The van der Waals surface area contributed by atoms with Gasteiger partial charge in [0.15, 0.2) is 5.82 Å². The van der Waals surface area contributed by atoms with E-state index < -0.39 is 0 Å². The van der Waals surface area contributed by atoms with Crippen LogP contribution in [0.5, 0.6) is 0 Å². The lowest BCUT2D eigenvalue weighted by molar-refractivity contribution is -0.116. The van der Waals surface area contributed by atoms with Crippen LogP contribution < -0.4 is 5.32 Å². The Morgan fingerprint density at radius 1 is 1.24 bits per heavy atom. The lowest BCUT2D eigenvalue weighted by atomic mass is 9.86. The summed E-state index contributed by atoms with van der Waals surface area (Å²) in [7, 11) is 1.76. The van der Waals surface area contributed by atoms with E-state index in [1.165, 1.54) is 5.56 Å². The molecular formula is C16H22N4O. The van der Waals surface area contributed by atoms with Crippen molar-refractivity contribution in [1.82, 2.24) is 15.0 Å². The Kier molecular flexibility index (Phi) is 4.40. The summed E-state index contributed by atoms with van der Waals surface area (Å²) in [6, 6.07) is 8.46. The zero-order chi connectivity index (χ0) is 15.5. The van der Waals surface area contributed by atoms with E-state index in [1.807, 2.05) is 0 Å². The Bertz CT molecular complexity index is 608. The number of amides is 1. The van der Waals surface area contributed by atoms with Crippen LogP contribution in [0.3, 0.4) is 0 Å². The van der Waals surface area contributed by atoms with Crippen molar-refractivity contribution in [2.24, 2.45) is 7.05 Å². The van der Waals surface area contributed by atoms with Crippen LogP contribution in [-0.2, 0) is 23.7 Å². The summed E-state index contributed by atoms with van der Waals surface area (Å²) in [5.74, 6) is 0.445. The number of rotatable bonds is 4. The van der Waals surface area contributed by atoms with Crippen LogP contribution in [0.4, 0.5) is 5.82 Å². The molecule has 0 saturated heterocycles. The maximum absolute atomic E-state index is 11.8. The average molecular weight is 286 g/mol. The summed E-state index contributed by atoms with van der Waals surface area (Å²) in [4.78, 5) is 11.8. The highest BCUT2D eigenvalue weighted by molar-refractivity contribution is 5.89. The molecule has 0 bridgehead atoms. The molecule has 1 aromatic heterocycles. The normalized spacial score (nSPS) is 11.4. The minimum atomic E-state index is -0.0459. The molecule has 0 unspecified atom stereocenters. The van der Waals surface area contributed by atoms with Crippen molar-refractivity contribution in [3.05, 3.63) is 41.6 Å². The molecule has 0 saturated carbocycles. The predicted molar refractivity (Wildman–Crippen MR) is 83.1 cm³/mol. The van der Waals surface area contributed by atoms with Crippen LogP contribution in [-0.4, -0.2) is 20.9 Å². The van der Waals surface area contributed by atoms with Gasteiger partial charge in [-0.1, -0.05) is 50.3 Å². The van der Waals surface area contributed by atoms with Gasteiger partial charge in [-0.15, -0.1) is 5.10 Å². The average Bonchev–Trinajstić information content (AvgIpc) is 2.81. The van der Waals surface area contributed by atoms with Crippen molar-refractivity contribution < 1.29 is 4.79 Å². The standard InChI is InChI=1S/C16H22N4O/c1-16(2,3)13-8-5-12(6-9-13)7-10-15(21)17-14-11-20(4)19-18-14/h5-6,8-9,11H,7,10H2,1-4H3,(H,17,21). The number of hydrogen-bond acceptors (Lipinski definition) is 3. The lowest BCUT2D eigenvalue weighted by Gasteiger charge is -2.19. The molecule has 1 N–H and O–H groups in total. The zero-order valence-corrected chi connectivity index (χ0v) is 13.1. The second-order valence-electron chi connectivity index (χ2n) is 6.27. The van der Waals surface area contributed by atoms with Gasteiger partial charge in [-0.2, -0.15) is 0 Å². The number of nitrogens with zero attached hydrogens (tertiary/aromatic N) is 3. The van der Waals surface area contributed by atoms with Crippen molar-refractivity contribution in [2.45, 2.75) is 39.0 Å². The summed E-state index contributed by atoms with van der Waals surface area (Å²) in [6.45, 7) is 6.57. The molecule has 0 aliphatic rings. The van der Waals surface area contributed by atoms with Gasteiger partial charge in [0.1, 0.15) is 0 Å². The van der Waals surface area contributed by atoms with Gasteiger partial charge < -0.3 is 5.32 Å². The number of carbonyl (C=O) groups excluding carboxylic acids is 1. The number of nitrogens with one attached hydrogen (secondary N) is 1. The summed E-state index contributed by atoms with van der Waals surface area (Å²) >= 11 is 0. The molecule has 1 heterocycles. The first-order chi connectivity index (χ1) is 9.84. The van der Waals surface area contributed by atoms with Gasteiger partial charge in [-0.05, 0) is 23.0 Å². The molecule has 0 aliphatic heterocycles. The number of hydrogen-bond donors (Lipinski definition) is 1. The van der Waals surface area contributed by atoms with Crippen LogP contribution in [0, 0.1) is 0 Å². The van der Waals surface area contributed by atoms with Crippen molar-refractivity contribution in [3.8, 4) is 0 Å². The third-order valence-electron chi connectivity index (χ3n) is 3.33. The Morgan fingerprint density at radius 2 is 1.90 bits per heavy atom. The third-order valence-corrected chi connectivity index (χ3v) is 3.33. The van der Waals surface area contributed by atoms with E-state index in [-0.39, 0.29) is 11.3 Å². The number of aryl methyl sites for hydroxylation is 2. The molecule has 1 amide bonds. The van der Waals surface area contributed by atoms with E-state index in [4.69, 9.17) is 0 Å². The molecule has 0 aliphatic carbocycles. The SMILES string of the molecule is Cn1cc(NC(=O)CCc2ccc(C(C)(C)C)cc2)nn1. The Labute approximate surface area is 125 Å². The summed E-state index contributed by atoms with van der Waals surface area (Å²) in [5, 5.41) is 10.3. The molecular weight excluding hydrogens is 264 g/mol. The fourth-order valence-corrected chi connectivity index (χ4v) is 2.04. The molecule has 0 spiro atoms. The minimum Gasteiger partial charge on any atom is -0.308 e. The number of anilines is 1. The Morgan fingerprint density at radius 3 is 2.43 bits per heavy atom. The summed E-state index contributed by atoms with van der Waals surface area (Å²) < 4.78 is 1.56. The third kappa shape index (κ3) is 4.41. The molecule has 5 heteroatoms. The van der Waals surface area contributed by atoms with Crippen LogP contribution in [0.2, 0.25) is 0 Å². The fraction of sp³-hybridized carbons (Fsp3) is 0.438. The minimum absolute atomic E-state index is 0.0459. The summed E-state index contributed by atoms with van der Waals surface area (Å²) in [5.41, 5.74) is 2.62. The van der Waals surface area contributed by atoms with E-state index >= 15 is 0 Å². The first kappa shape index (κ1) is 15.2. The quantitative estimate of drug-likeness (QED) is 0.940. The first-order valence-electron chi connectivity index (χ1n) is 7.10. The summed E-state index contributed by atoms with van der Waals surface area (Å²) in [6.07, 6.45) is 2.83. The van der Waals surface area contributed by atoms with Crippen molar-refractivity contribution in [2.75, 3.05) is 5.32 Å². The van der Waals surface area contributed by atoms with Crippen molar-refractivity contribution >= 4 is 11.7 Å². The molecule has 0 radical (unpaired) electrons. The van der Waals surface area contributed by atoms with Gasteiger partial charge in [0, 0.05) is 13.5 Å². The van der Waals surface area contributed by atoms with Crippen LogP contribution in [0.1, 0.15) is 38.3 Å². The van der Waals surface area contributed by atoms with Gasteiger partial charge in [0.2, 0.25) is 5.91 Å². The van der Waals surface area contributed by atoms with Crippen LogP contribution >= 0.6 is 0 Å². The van der Waals surface area contributed by atoms with Gasteiger partial charge in [-0.3, -0.25) is 9.48 Å². The first-order valence-corrected chi connectivity index (χ1v) is 7.10. The Hall–Kier alpha value is -2.17. The monoisotopic (exact) mass is 286 g/mol. The van der Waals surface area contributed by atoms with Gasteiger partial charge in [0.25, 0.3) is 0 Å². The molecule has 1 aromatic carbocycles. The van der Waals surface area contributed by atoms with Gasteiger partial charge in [0.05, 0.1) is 6.20 Å². The number of aromatic nitrogens is 3. The fourth-order valence-electron chi connectivity index (χ4n) is 2.04. The van der Waals surface area contributed by atoms with Gasteiger partial charge in [-0.25, -0.2) is 0 Å². The van der Waals surface area contributed by atoms with E-state index in [1.54, 1.807) is 17.9 Å². The van der Waals surface area contributed by atoms with E-state index in [9.17, 15) is 4.79 Å². The molecule has 0 fully saturated rings. The van der Waals surface area contributed by atoms with Crippen molar-refractivity contribution in [1.29, 1.82) is 0 Å². The number of carbonyl (C=O) groups is 1. The highest BCUT2D eigenvalue weighted by Crippen LogP contribution is 2.22. The molecule has 112 valence electrons. The molecule has 0 atom stereocenters. The maximum atomic E-state index is 11.8. The predicted octanol–water partition coefficient (Wildman–Crippen LogP) is 2.68. The van der Waals surface area contributed by atoms with Crippen LogP contribution in [0.25, 0.3) is 0 Å². The van der Waals surface area contributed by atoms with Crippen molar-refractivity contribution in [3.63, 3.8) is 0 Å². The second kappa shape index (κ2) is 6.08. The highest BCUT2D eigenvalue weighted by atomic mass is 16.1. The maximum Gasteiger partial charge on any atom is 0.225 e. The highest BCUT2D eigenvalue weighted by Gasteiger charge is 2.13. The van der Waals surface area contributed by atoms with Crippen LogP contribution in [0.15, 0.2) is 30.5 Å². The van der Waals surface area contributed by atoms with E-state index in [0.29, 0.717) is 12.2 Å². The smallest absolute Gasteiger partial charge is 0.225 e. The topological polar surface area (TPSA) is 59.8 Å². The molecule has 5 nitrogen and oxygen atoms in total. The van der Waals surface area contributed by atoms with E-state index in [2.05, 4.69) is 60.7 Å². The van der Waals surface area contributed by atoms with Gasteiger partial charge >= 0.3 is 0 Å². The lowest BCUT2D eigenvalue weighted by Crippen LogP contribution is -2.13. The molecule has 2 aromatic rings. The van der Waals surface area contributed by atoms with E-state index in [0.717, 1.165) is 12.0 Å². The number of benzene rings is 1. The Balaban J connectivity index is 1.86. The molecule has 21 heavy (non-hydrogen) atoms. The largest absolute Gasteiger partial charge is 0.308 e.